The Morgan fingerprint density at radius 1 is 1.25 bits per heavy atom. The topological polar surface area (TPSA) is 64.1 Å². The number of aromatic nitrogens is 2. The van der Waals surface area contributed by atoms with Crippen molar-refractivity contribution in [3.8, 4) is 23.0 Å². The molecule has 1 aromatic carbocycles. The number of hydrogen-bond donors (Lipinski definition) is 1. The summed E-state index contributed by atoms with van der Waals surface area (Å²) >= 11 is 0. The number of furan rings is 1. The molecule has 0 fully saturated rings. The lowest BCUT2D eigenvalue weighted by atomic mass is 10.1. The van der Waals surface area contributed by atoms with E-state index in [-0.39, 0.29) is 0 Å². The van der Waals surface area contributed by atoms with Crippen LogP contribution in [0.1, 0.15) is 11.1 Å². The zero-order valence-electron chi connectivity index (χ0n) is 11.0. The Hall–Kier alpha value is -2.56. The molecule has 0 spiro atoms. The van der Waals surface area contributed by atoms with E-state index in [0.29, 0.717) is 17.5 Å². The van der Waals surface area contributed by atoms with E-state index in [4.69, 9.17) is 8.94 Å². The van der Waals surface area contributed by atoms with E-state index in [2.05, 4.69) is 27.6 Å². The molecule has 3 heterocycles. The summed E-state index contributed by atoms with van der Waals surface area (Å²) in [6.07, 6.45) is 2.69. The molecule has 100 valence electrons. The van der Waals surface area contributed by atoms with Crippen molar-refractivity contribution in [2.24, 2.45) is 0 Å². The van der Waals surface area contributed by atoms with E-state index in [1.54, 1.807) is 6.26 Å². The first-order chi connectivity index (χ1) is 9.81. The number of benzene rings is 1. The third kappa shape index (κ3) is 1.71. The molecule has 4 rings (SSSR count). The van der Waals surface area contributed by atoms with Crippen LogP contribution in [0.15, 0.2) is 39.5 Å². The summed E-state index contributed by atoms with van der Waals surface area (Å²) in [5, 5.41) is 7.33. The molecule has 0 amide bonds. The summed E-state index contributed by atoms with van der Waals surface area (Å²) in [7, 11) is 0. The first-order valence-electron chi connectivity index (χ1n) is 6.56. The Labute approximate surface area is 115 Å². The van der Waals surface area contributed by atoms with Crippen molar-refractivity contribution < 1.29 is 8.94 Å². The van der Waals surface area contributed by atoms with Crippen LogP contribution in [-0.4, -0.2) is 16.7 Å². The molecule has 0 radical (unpaired) electrons. The predicted molar refractivity (Wildman–Crippen MR) is 74.4 cm³/mol. The minimum Gasteiger partial charge on any atom is -0.461 e. The molecule has 0 atom stereocenters. The van der Waals surface area contributed by atoms with Crippen LogP contribution in [0, 0.1) is 6.92 Å². The molecule has 0 unspecified atom stereocenters. The first kappa shape index (κ1) is 11.3. The van der Waals surface area contributed by atoms with Gasteiger partial charge in [-0.1, -0.05) is 11.2 Å². The van der Waals surface area contributed by atoms with Gasteiger partial charge in [-0.25, -0.2) is 0 Å². The summed E-state index contributed by atoms with van der Waals surface area (Å²) < 4.78 is 10.7. The first-order valence-corrected chi connectivity index (χ1v) is 6.56. The second-order valence-corrected chi connectivity index (χ2v) is 4.90. The molecule has 0 bridgehead atoms. The number of nitrogens with one attached hydrogen (secondary N) is 1. The number of rotatable bonds is 2. The fourth-order valence-corrected chi connectivity index (χ4v) is 2.46. The Kier molecular flexibility index (Phi) is 2.39. The van der Waals surface area contributed by atoms with E-state index in [1.165, 1.54) is 5.56 Å². The Bertz CT molecular complexity index is 773. The molecule has 1 aliphatic heterocycles. The minimum absolute atomic E-state index is 0.482. The highest BCUT2D eigenvalue weighted by Crippen LogP contribution is 2.30. The fraction of sp³-hybridized carbons (Fsp3) is 0.200. The quantitative estimate of drug-likeness (QED) is 0.772. The maximum absolute atomic E-state index is 5.38. The fourth-order valence-electron chi connectivity index (χ4n) is 2.46. The summed E-state index contributed by atoms with van der Waals surface area (Å²) in [6.45, 7) is 2.94. The van der Waals surface area contributed by atoms with Gasteiger partial charge in [0.2, 0.25) is 5.82 Å². The van der Waals surface area contributed by atoms with Crippen molar-refractivity contribution in [2.45, 2.75) is 13.3 Å². The van der Waals surface area contributed by atoms with Crippen molar-refractivity contribution >= 4 is 5.69 Å². The smallest absolute Gasteiger partial charge is 0.258 e. The van der Waals surface area contributed by atoms with E-state index in [1.807, 2.05) is 19.1 Å². The monoisotopic (exact) mass is 267 g/mol. The third-order valence-electron chi connectivity index (χ3n) is 3.56. The lowest BCUT2D eigenvalue weighted by Gasteiger charge is -2.00. The van der Waals surface area contributed by atoms with Crippen LogP contribution in [-0.2, 0) is 6.42 Å². The van der Waals surface area contributed by atoms with Gasteiger partial charge >= 0.3 is 0 Å². The van der Waals surface area contributed by atoms with Gasteiger partial charge in [-0.15, -0.1) is 0 Å². The van der Waals surface area contributed by atoms with Gasteiger partial charge in [0, 0.05) is 17.8 Å². The molecule has 5 heteroatoms. The van der Waals surface area contributed by atoms with Gasteiger partial charge in [-0.3, -0.25) is 0 Å². The van der Waals surface area contributed by atoms with Crippen LogP contribution >= 0.6 is 0 Å². The van der Waals surface area contributed by atoms with Gasteiger partial charge in [-0.05, 0) is 42.7 Å². The Balaban J connectivity index is 1.73. The largest absolute Gasteiger partial charge is 0.461 e. The van der Waals surface area contributed by atoms with Gasteiger partial charge in [0.25, 0.3) is 5.89 Å². The average Bonchev–Trinajstić information content (AvgIpc) is 3.17. The van der Waals surface area contributed by atoms with E-state index >= 15 is 0 Å². The zero-order valence-corrected chi connectivity index (χ0v) is 11.0. The predicted octanol–water partition coefficient (Wildman–Crippen LogP) is 3.27. The summed E-state index contributed by atoms with van der Waals surface area (Å²) in [5.41, 5.74) is 4.39. The van der Waals surface area contributed by atoms with Crippen molar-refractivity contribution in [2.75, 3.05) is 11.9 Å². The average molecular weight is 267 g/mol. The number of nitrogens with zero attached hydrogens (tertiary/aromatic N) is 2. The maximum Gasteiger partial charge on any atom is 0.258 e. The van der Waals surface area contributed by atoms with Crippen molar-refractivity contribution in [1.29, 1.82) is 0 Å². The summed E-state index contributed by atoms with van der Waals surface area (Å²) in [5.74, 6) is 1.64. The molecule has 1 aliphatic rings. The van der Waals surface area contributed by atoms with E-state index < -0.39 is 0 Å². The molecule has 1 N–H and O–H groups in total. The normalized spacial score (nSPS) is 13.2. The Morgan fingerprint density at radius 3 is 3.05 bits per heavy atom. The van der Waals surface area contributed by atoms with Gasteiger partial charge in [0.15, 0.2) is 5.76 Å². The number of fused-ring (bicyclic) bond motifs is 1. The zero-order chi connectivity index (χ0) is 13.5. The highest BCUT2D eigenvalue weighted by atomic mass is 16.5. The molecule has 0 saturated carbocycles. The summed E-state index contributed by atoms with van der Waals surface area (Å²) in [6, 6.07) is 8.05. The standard InChI is InChI=1S/C15H13N3O2/c1-9-5-7-19-13(9)14-17-15(20-18-14)11-3-2-10-4-6-16-12(10)8-11/h2-3,5,7-8,16H,4,6H2,1H3. The van der Waals surface area contributed by atoms with Crippen LogP contribution in [0.4, 0.5) is 5.69 Å². The van der Waals surface area contributed by atoms with Crippen LogP contribution in [0.3, 0.4) is 0 Å². The van der Waals surface area contributed by atoms with E-state index in [9.17, 15) is 0 Å². The Morgan fingerprint density at radius 2 is 2.20 bits per heavy atom. The van der Waals surface area contributed by atoms with Crippen molar-refractivity contribution in [3.05, 3.63) is 41.7 Å². The maximum atomic E-state index is 5.38. The van der Waals surface area contributed by atoms with Gasteiger partial charge in [-0.2, -0.15) is 4.98 Å². The van der Waals surface area contributed by atoms with Crippen LogP contribution < -0.4 is 5.32 Å². The van der Waals surface area contributed by atoms with Crippen LogP contribution in [0.2, 0.25) is 0 Å². The number of anilines is 1. The molecule has 3 aromatic rings. The number of hydrogen-bond acceptors (Lipinski definition) is 5. The second-order valence-electron chi connectivity index (χ2n) is 4.90. The van der Waals surface area contributed by atoms with Crippen LogP contribution in [0.25, 0.3) is 23.0 Å². The second kappa shape index (κ2) is 4.23. The molecule has 0 aliphatic carbocycles. The molecule has 0 saturated heterocycles. The van der Waals surface area contributed by atoms with Gasteiger partial charge in [0.1, 0.15) is 0 Å². The third-order valence-corrected chi connectivity index (χ3v) is 3.56. The van der Waals surface area contributed by atoms with Gasteiger partial charge < -0.3 is 14.3 Å². The lowest BCUT2D eigenvalue weighted by Crippen LogP contribution is -1.91. The van der Waals surface area contributed by atoms with Crippen molar-refractivity contribution in [1.82, 2.24) is 10.1 Å². The minimum atomic E-state index is 0.482. The van der Waals surface area contributed by atoms with Crippen molar-refractivity contribution in [3.63, 3.8) is 0 Å². The molecular formula is C15H13N3O2. The molecule has 2 aromatic heterocycles. The highest BCUT2D eigenvalue weighted by Gasteiger charge is 2.17. The summed E-state index contributed by atoms with van der Waals surface area (Å²) in [4.78, 5) is 4.41. The molecule has 20 heavy (non-hydrogen) atoms. The van der Waals surface area contributed by atoms with Crippen LogP contribution in [0.5, 0.6) is 0 Å². The number of aryl methyl sites for hydroxylation is 1. The highest BCUT2D eigenvalue weighted by molar-refractivity contribution is 5.67. The molecular weight excluding hydrogens is 254 g/mol. The lowest BCUT2D eigenvalue weighted by molar-refractivity contribution is 0.429. The molecule has 5 nitrogen and oxygen atoms in total. The van der Waals surface area contributed by atoms with Gasteiger partial charge in [0.05, 0.1) is 6.26 Å². The van der Waals surface area contributed by atoms with E-state index in [0.717, 1.165) is 29.8 Å². The SMILES string of the molecule is Cc1ccoc1-c1noc(-c2ccc3c(c2)NCC3)n1.